The summed E-state index contributed by atoms with van der Waals surface area (Å²) in [6.45, 7) is 13.9. The average Bonchev–Trinajstić information content (AvgIpc) is 3.11. The molecule has 246 valence electrons. The summed E-state index contributed by atoms with van der Waals surface area (Å²) < 4.78 is 2.29. The Morgan fingerprint density at radius 3 is 0.840 bits per heavy atom. The van der Waals surface area contributed by atoms with Gasteiger partial charge in [-0.05, 0) is 142 Å². The summed E-state index contributed by atoms with van der Waals surface area (Å²) in [5, 5.41) is 9.89. The van der Waals surface area contributed by atoms with Crippen LogP contribution in [0.2, 0.25) is 0 Å². The molecular weight excluding hydrogens is 736 g/mol. The number of hydrogen-bond donors (Lipinski definition) is 0. The van der Waals surface area contributed by atoms with Gasteiger partial charge in [0.25, 0.3) is 0 Å². The molecule has 0 saturated carbocycles. The molecule has 8 aromatic carbocycles. The van der Waals surface area contributed by atoms with Crippen molar-refractivity contribution >= 4 is 74.9 Å². The summed E-state index contributed by atoms with van der Waals surface area (Å²) in [5.41, 5.74) is 10.1. The van der Waals surface area contributed by atoms with Gasteiger partial charge in [0.2, 0.25) is 0 Å². The van der Waals surface area contributed by atoms with Crippen LogP contribution in [0.3, 0.4) is 0 Å². The summed E-state index contributed by atoms with van der Waals surface area (Å²) >= 11 is 8.03. The molecule has 0 bridgehead atoms. The molecule has 8 rings (SSSR count). The molecule has 0 saturated heterocycles. The smallest absolute Gasteiger partial charge is 0.0332 e. The highest BCUT2D eigenvalue weighted by Gasteiger charge is 2.25. The third-order valence-electron chi connectivity index (χ3n) is 10.3. The van der Waals surface area contributed by atoms with Crippen LogP contribution in [0.4, 0.5) is 0 Å². The lowest BCUT2D eigenvalue weighted by molar-refractivity contribution is 0.590. The van der Waals surface area contributed by atoms with Crippen LogP contribution in [0.1, 0.15) is 52.7 Å². The van der Waals surface area contributed by atoms with Crippen LogP contribution in [0, 0.1) is 0 Å². The Kier molecular flexibility index (Phi) is 8.05. The fraction of sp³-hybridized carbons (Fsp3) is 0.167. The first kappa shape index (κ1) is 32.9. The van der Waals surface area contributed by atoms with Crippen LogP contribution in [-0.4, -0.2) is 0 Å². The third kappa shape index (κ3) is 5.40. The van der Waals surface area contributed by atoms with Gasteiger partial charge in [-0.3, -0.25) is 0 Å². The van der Waals surface area contributed by atoms with Crippen molar-refractivity contribution in [3.8, 4) is 33.4 Å². The lowest BCUT2D eigenvalue weighted by atomic mass is 9.78. The van der Waals surface area contributed by atoms with Gasteiger partial charge in [0.05, 0.1) is 0 Å². The van der Waals surface area contributed by atoms with Crippen LogP contribution in [0.5, 0.6) is 0 Å². The van der Waals surface area contributed by atoms with Crippen molar-refractivity contribution in [2.45, 2.75) is 52.4 Å². The van der Waals surface area contributed by atoms with Crippen molar-refractivity contribution in [3.05, 3.63) is 154 Å². The van der Waals surface area contributed by atoms with Crippen molar-refractivity contribution in [2.24, 2.45) is 0 Å². The zero-order chi connectivity index (χ0) is 34.9. The van der Waals surface area contributed by atoms with Crippen molar-refractivity contribution in [1.29, 1.82) is 0 Å². The molecule has 8 aromatic rings. The monoisotopic (exact) mass is 774 g/mol. The highest BCUT2D eigenvalue weighted by Crippen LogP contribution is 2.50. The highest BCUT2D eigenvalue weighted by atomic mass is 79.9. The van der Waals surface area contributed by atoms with Gasteiger partial charge in [-0.1, -0.05) is 163 Å². The summed E-state index contributed by atoms with van der Waals surface area (Å²) in [6, 6.07) is 49.8. The molecule has 50 heavy (non-hydrogen) atoms. The Bertz CT molecular complexity index is 2330. The van der Waals surface area contributed by atoms with Crippen molar-refractivity contribution in [2.75, 3.05) is 0 Å². The Hall–Kier alpha value is -4.24. The van der Waals surface area contributed by atoms with E-state index in [9.17, 15) is 0 Å². The normalized spacial score (nSPS) is 12.4. The molecule has 0 nitrogen and oxygen atoms in total. The van der Waals surface area contributed by atoms with E-state index in [4.69, 9.17) is 0 Å². The molecule has 0 aliphatic rings. The first-order valence-corrected chi connectivity index (χ1v) is 19.0. The van der Waals surface area contributed by atoms with E-state index < -0.39 is 0 Å². The fourth-order valence-electron chi connectivity index (χ4n) is 7.64. The molecule has 0 heterocycles. The Morgan fingerprint density at radius 1 is 0.320 bits per heavy atom. The maximum Gasteiger partial charge on any atom is 0.0332 e. The van der Waals surface area contributed by atoms with E-state index >= 15 is 0 Å². The van der Waals surface area contributed by atoms with Crippen molar-refractivity contribution in [3.63, 3.8) is 0 Å². The topological polar surface area (TPSA) is 0 Å². The minimum atomic E-state index is -0.0225. The SMILES string of the molecule is CC(C)(C)c1ccc(-c2ccc(C(C)(C)C)cc2-c2c3ccccc3c(Br)c3ccccc23)c(-c2c3ccccc3c(Br)c3ccccc23)c1. The number of hydrogen-bond acceptors (Lipinski definition) is 0. The predicted molar refractivity (Wildman–Crippen MR) is 226 cm³/mol. The average molecular weight is 777 g/mol. The molecule has 0 aliphatic carbocycles. The van der Waals surface area contributed by atoms with E-state index in [1.807, 2.05) is 0 Å². The number of rotatable bonds is 3. The molecule has 0 aromatic heterocycles. The zero-order valence-electron chi connectivity index (χ0n) is 29.5. The second-order valence-electron chi connectivity index (χ2n) is 15.6. The first-order chi connectivity index (χ1) is 23.9. The zero-order valence-corrected chi connectivity index (χ0v) is 32.6. The molecule has 0 spiro atoms. The largest absolute Gasteiger partial charge is 0.0616 e. The van der Waals surface area contributed by atoms with Crippen molar-refractivity contribution in [1.82, 2.24) is 0 Å². The summed E-state index contributed by atoms with van der Waals surface area (Å²) in [7, 11) is 0. The van der Waals surface area contributed by atoms with E-state index in [-0.39, 0.29) is 10.8 Å². The first-order valence-electron chi connectivity index (χ1n) is 17.4. The fourth-order valence-corrected chi connectivity index (χ4v) is 9.02. The summed E-state index contributed by atoms with van der Waals surface area (Å²) in [6.07, 6.45) is 0. The standard InChI is InChI=1S/C48H40Br2/c1-47(2,3)29-23-25-31(41(27-29)43-33-15-7-11-19-37(33)45(49)38-20-12-8-16-34(38)43)32-26-24-30(48(4,5)6)28-42(32)44-35-17-9-13-21-39(35)46(50)40-22-14-10-18-36(40)44/h7-28H,1-6H3. The van der Waals surface area contributed by atoms with Crippen LogP contribution >= 0.6 is 31.9 Å². The van der Waals surface area contributed by atoms with Crippen LogP contribution in [-0.2, 0) is 10.8 Å². The molecule has 0 aliphatic heterocycles. The van der Waals surface area contributed by atoms with Crippen molar-refractivity contribution < 1.29 is 0 Å². The number of fused-ring (bicyclic) bond motifs is 4. The second-order valence-corrected chi connectivity index (χ2v) is 17.2. The lowest BCUT2D eigenvalue weighted by Gasteiger charge is -2.26. The van der Waals surface area contributed by atoms with Gasteiger partial charge < -0.3 is 0 Å². The molecule has 0 amide bonds. The van der Waals surface area contributed by atoms with E-state index in [2.05, 4.69) is 207 Å². The quantitative estimate of drug-likeness (QED) is 0.157. The minimum absolute atomic E-state index is 0.0225. The van der Waals surface area contributed by atoms with E-state index in [1.54, 1.807) is 0 Å². The van der Waals surface area contributed by atoms with Gasteiger partial charge in [0.15, 0.2) is 0 Å². The second kappa shape index (κ2) is 12.2. The van der Waals surface area contributed by atoms with E-state index in [1.165, 1.54) is 87.6 Å². The van der Waals surface area contributed by atoms with Gasteiger partial charge in [0, 0.05) is 8.95 Å². The number of benzene rings is 8. The van der Waals surface area contributed by atoms with Crippen LogP contribution in [0.25, 0.3) is 76.5 Å². The van der Waals surface area contributed by atoms with Crippen LogP contribution in [0.15, 0.2) is 142 Å². The Labute approximate surface area is 312 Å². The van der Waals surface area contributed by atoms with E-state index in [0.29, 0.717) is 0 Å². The predicted octanol–water partition coefficient (Wildman–Crippen LogP) is 15.4. The highest BCUT2D eigenvalue weighted by molar-refractivity contribution is 9.11. The molecular formula is C48H40Br2. The molecule has 0 atom stereocenters. The molecule has 0 unspecified atom stereocenters. The Morgan fingerprint density at radius 2 is 0.580 bits per heavy atom. The summed E-state index contributed by atoms with van der Waals surface area (Å²) in [4.78, 5) is 0. The van der Waals surface area contributed by atoms with Crippen LogP contribution < -0.4 is 0 Å². The summed E-state index contributed by atoms with van der Waals surface area (Å²) in [5.74, 6) is 0. The maximum absolute atomic E-state index is 4.02. The lowest BCUT2D eigenvalue weighted by Crippen LogP contribution is -2.12. The van der Waals surface area contributed by atoms with Gasteiger partial charge in [-0.25, -0.2) is 0 Å². The maximum atomic E-state index is 4.02. The van der Waals surface area contributed by atoms with E-state index in [0.717, 1.165) is 8.95 Å². The van der Waals surface area contributed by atoms with Gasteiger partial charge in [-0.2, -0.15) is 0 Å². The molecule has 0 N–H and O–H groups in total. The van der Waals surface area contributed by atoms with Gasteiger partial charge in [0.1, 0.15) is 0 Å². The molecule has 0 fully saturated rings. The molecule has 0 radical (unpaired) electrons. The third-order valence-corrected chi connectivity index (χ3v) is 12.0. The number of halogens is 2. The Balaban J connectivity index is 1.57. The van der Waals surface area contributed by atoms with Gasteiger partial charge in [-0.15, -0.1) is 0 Å². The molecule has 2 heteroatoms. The van der Waals surface area contributed by atoms with Gasteiger partial charge >= 0.3 is 0 Å². The minimum Gasteiger partial charge on any atom is -0.0616 e.